The number of para-hydroxylation sites is 1. The molecule has 8 heteroatoms. The number of hydrogen-bond donors (Lipinski definition) is 1. The van der Waals surface area contributed by atoms with Gasteiger partial charge in [-0.3, -0.25) is 9.10 Å². The topological polar surface area (TPSA) is 84.9 Å². The van der Waals surface area contributed by atoms with E-state index in [2.05, 4.69) is 26.1 Å². The van der Waals surface area contributed by atoms with Crippen molar-refractivity contribution < 1.29 is 22.7 Å². The van der Waals surface area contributed by atoms with Crippen molar-refractivity contribution >= 4 is 21.6 Å². The minimum Gasteiger partial charge on any atom is -0.497 e. The van der Waals surface area contributed by atoms with E-state index in [0.717, 1.165) is 21.9 Å². The van der Waals surface area contributed by atoms with Crippen LogP contribution in [0.25, 0.3) is 0 Å². The molecule has 176 valence electrons. The first-order valence-electron chi connectivity index (χ1n) is 10.6. The van der Waals surface area contributed by atoms with Crippen molar-refractivity contribution in [1.82, 2.24) is 5.32 Å². The number of methoxy groups -OCH3 is 1. The van der Waals surface area contributed by atoms with E-state index >= 15 is 0 Å². The summed E-state index contributed by atoms with van der Waals surface area (Å²) in [5.41, 5.74) is 1.39. The van der Waals surface area contributed by atoms with Gasteiger partial charge in [-0.2, -0.15) is 0 Å². The van der Waals surface area contributed by atoms with Gasteiger partial charge >= 0.3 is 0 Å². The zero-order valence-electron chi connectivity index (χ0n) is 19.7. The molecule has 0 aliphatic rings. The Morgan fingerprint density at radius 1 is 1.12 bits per heavy atom. The van der Waals surface area contributed by atoms with Crippen LogP contribution >= 0.6 is 0 Å². The third-order valence-electron chi connectivity index (χ3n) is 4.99. The van der Waals surface area contributed by atoms with Gasteiger partial charge in [-0.05, 0) is 35.6 Å². The Kier molecular flexibility index (Phi) is 8.55. The van der Waals surface area contributed by atoms with Crippen molar-refractivity contribution in [3.8, 4) is 11.5 Å². The predicted molar refractivity (Wildman–Crippen MR) is 128 cm³/mol. The highest BCUT2D eigenvalue weighted by Crippen LogP contribution is 2.31. The average Bonchev–Trinajstić information content (AvgIpc) is 2.73. The van der Waals surface area contributed by atoms with Crippen molar-refractivity contribution in [3.63, 3.8) is 0 Å². The van der Waals surface area contributed by atoms with Gasteiger partial charge in [0.15, 0.2) is 0 Å². The second-order valence-electron chi connectivity index (χ2n) is 8.57. The monoisotopic (exact) mass is 462 g/mol. The molecule has 2 aromatic rings. The van der Waals surface area contributed by atoms with Crippen LogP contribution in [-0.4, -0.2) is 46.9 Å². The SMILES string of the molecule is CC[C@H](C(=O)NCCOc1ccccc1C(C)(C)C)N(c1cccc(OC)c1)S(C)(=O)=O. The van der Waals surface area contributed by atoms with E-state index in [1.54, 1.807) is 31.2 Å². The average molecular weight is 463 g/mol. The summed E-state index contributed by atoms with van der Waals surface area (Å²) in [6, 6.07) is 13.6. The molecule has 0 heterocycles. The molecule has 2 rings (SSSR count). The lowest BCUT2D eigenvalue weighted by atomic mass is 9.86. The molecule has 7 nitrogen and oxygen atoms in total. The van der Waals surface area contributed by atoms with Crippen LogP contribution < -0.4 is 19.1 Å². The van der Waals surface area contributed by atoms with E-state index in [0.29, 0.717) is 17.9 Å². The van der Waals surface area contributed by atoms with Crippen LogP contribution in [0.3, 0.4) is 0 Å². The number of carbonyl (C=O) groups excluding carboxylic acids is 1. The Balaban J connectivity index is 2.10. The molecular weight excluding hydrogens is 428 g/mol. The van der Waals surface area contributed by atoms with E-state index < -0.39 is 16.1 Å². The lowest BCUT2D eigenvalue weighted by Gasteiger charge is -2.30. The number of carbonyl (C=O) groups is 1. The lowest BCUT2D eigenvalue weighted by Crippen LogP contribution is -2.50. The Labute approximate surface area is 191 Å². The van der Waals surface area contributed by atoms with Crippen LogP contribution in [0.5, 0.6) is 11.5 Å². The van der Waals surface area contributed by atoms with Crippen molar-refractivity contribution in [2.45, 2.75) is 45.6 Å². The third kappa shape index (κ3) is 6.63. The summed E-state index contributed by atoms with van der Waals surface area (Å²) in [7, 11) is -2.20. The Morgan fingerprint density at radius 2 is 1.81 bits per heavy atom. The maximum absolute atomic E-state index is 12.9. The highest BCUT2D eigenvalue weighted by Gasteiger charge is 2.31. The summed E-state index contributed by atoms with van der Waals surface area (Å²) in [5.74, 6) is 0.904. The number of hydrogen-bond acceptors (Lipinski definition) is 5. The van der Waals surface area contributed by atoms with E-state index in [1.165, 1.54) is 7.11 Å². The molecule has 0 spiro atoms. The number of nitrogens with one attached hydrogen (secondary N) is 1. The summed E-state index contributed by atoms with van der Waals surface area (Å²) in [5, 5.41) is 2.81. The van der Waals surface area contributed by atoms with Gasteiger partial charge < -0.3 is 14.8 Å². The fraction of sp³-hybridized carbons (Fsp3) is 0.458. The third-order valence-corrected chi connectivity index (χ3v) is 6.17. The zero-order chi connectivity index (χ0) is 23.9. The Hall–Kier alpha value is -2.74. The fourth-order valence-electron chi connectivity index (χ4n) is 3.47. The molecule has 1 amide bonds. The Bertz CT molecular complexity index is 1020. The minimum absolute atomic E-state index is 0.0696. The number of ether oxygens (including phenoxy) is 2. The van der Waals surface area contributed by atoms with Gasteiger partial charge in [0.2, 0.25) is 15.9 Å². The first-order chi connectivity index (χ1) is 15.0. The molecule has 0 unspecified atom stereocenters. The first-order valence-corrected chi connectivity index (χ1v) is 12.5. The highest BCUT2D eigenvalue weighted by molar-refractivity contribution is 7.92. The van der Waals surface area contributed by atoms with Crippen LogP contribution in [0.15, 0.2) is 48.5 Å². The molecule has 0 saturated carbocycles. The lowest BCUT2D eigenvalue weighted by molar-refractivity contribution is -0.122. The maximum Gasteiger partial charge on any atom is 0.244 e. The molecule has 0 saturated heterocycles. The van der Waals surface area contributed by atoms with Crippen LogP contribution in [0.4, 0.5) is 5.69 Å². The summed E-state index contributed by atoms with van der Waals surface area (Å²) >= 11 is 0. The number of benzene rings is 2. The van der Waals surface area contributed by atoms with E-state index in [9.17, 15) is 13.2 Å². The van der Waals surface area contributed by atoms with Crippen LogP contribution in [0.1, 0.15) is 39.7 Å². The summed E-state index contributed by atoms with van der Waals surface area (Å²) in [6.45, 7) is 8.64. The molecule has 0 aliphatic carbocycles. The zero-order valence-corrected chi connectivity index (χ0v) is 20.5. The number of rotatable bonds is 10. The Morgan fingerprint density at radius 3 is 2.41 bits per heavy atom. The molecular formula is C24H34N2O5S. The second-order valence-corrected chi connectivity index (χ2v) is 10.4. The molecule has 0 fully saturated rings. The van der Waals surface area contributed by atoms with Crippen molar-refractivity contribution in [3.05, 3.63) is 54.1 Å². The molecule has 32 heavy (non-hydrogen) atoms. The van der Waals surface area contributed by atoms with Gasteiger partial charge in [-0.1, -0.05) is 52.0 Å². The van der Waals surface area contributed by atoms with Crippen LogP contribution in [0.2, 0.25) is 0 Å². The maximum atomic E-state index is 12.9. The fourth-order valence-corrected chi connectivity index (χ4v) is 4.68. The number of sulfonamides is 1. The van der Waals surface area contributed by atoms with E-state index in [1.807, 2.05) is 24.3 Å². The van der Waals surface area contributed by atoms with Gasteiger partial charge in [0.05, 0.1) is 25.6 Å². The van der Waals surface area contributed by atoms with Crippen molar-refractivity contribution in [2.24, 2.45) is 0 Å². The smallest absolute Gasteiger partial charge is 0.244 e. The molecule has 1 N–H and O–H groups in total. The summed E-state index contributed by atoms with van der Waals surface area (Å²) in [6.07, 6.45) is 1.40. The molecule has 0 aromatic heterocycles. The molecule has 0 bridgehead atoms. The minimum atomic E-state index is -3.71. The van der Waals surface area contributed by atoms with E-state index in [-0.39, 0.29) is 24.5 Å². The van der Waals surface area contributed by atoms with Gasteiger partial charge in [0.1, 0.15) is 24.1 Å². The van der Waals surface area contributed by atoms with Gasteiger partial charge in [0.25, 0.3) is 0 Å². The largest absolute Gasteiger partial charge is 0.497 e. The highest BCUT2D eigenvalue weighted by atomic mass is 32.2. The van der Waals surface area contributed by atoms with Crippen LogP contribution in [0, 0.1) is 0 Å². The number of nitrogens with zero attached hydrogens (tertiary/aromatic N) is 1. The van der Waals surface area contributed by atoms with Crippen molar-refractivity contribution in [1.29, 1.82) is 0 Å². The molecule has 1 atom stereocenters. The van der Waals surface area contributed by atoms with E-state index in [4.69, 9.17) is 9.47 Å². The second kappa shape index (κ2) is 10.7. The number of anilines is 1. The molecule has 0 radical (unpaired) electrons. The number of amides is 1. The van der Waals surface area contributed by atoms with Gasteiger partial charge in [0, 0.05) is 6.07 Å². The summed E-state index contributed by atoms with van der Waals surface area (Å²) in [4.78, 5) is 12.9. The summed E-state index contributed by atoms with van der Waals surface area (Å²) < 4.78 is 37.4. The van der Waals surface area contributed by atoms with Gasteiger partial charge in [-0.15, -0.1) is 0 Å². The first kappa shape index (κ1) is 25.5. The standard InChI is InChI=1S/C24H34N2O5S/c1-7-21(26(32(6,28)29)18-11-10-12-19(17-18)30-5)23(27)25-15-16-31-22-14-9-8-13-20(22)24(2,3)4/h8-14,17,21H,7,15-16H2,1-6H3,(H,25,27)/t21-/m1/s1. The normalized spacial score (nSPS) is 12.7. The molecule has 0 aliphatic heterocycles. The predicted octanol–water partition coefficient (Wildman–Crippen LogP) is 3.73. The van der Waals surface area contributed by atoms with Crippen molar-refractivity contribution in [2.75, 3.05) is 30.8 Å². The quantitative estimate of drug-likeness (QED) is 0.544. The van der Waals surface area contributed by atoms with Crippen LogP contribution in [-0.2, 0) is 20.2 Å². The molecule has 2 aromatic carbocycles. The van der Waals surface area contributed by atoms with Gasteiger partial charge in [-0.25, -0.2) is 8.42 Å².